The molecule has 0 saturated heterocycles. The van der Waals surface area contributed by atoms with Gasteiger partial charge in [0.05, 0.1) is 11.2 Å². The Kier molecular flexibility index (Phi) is 7.58. The first-order valence-electron chi connectivity index (χ1n) is 10.6. The standard InChI is InChI=1S/C22H27N5O2S2/c1-30-22-26-25-20(27(22)18-5-2-3-6-18)7-4-12-23-21(28)16-8-10-19(11-9-16)29-13-17-14-31-15-24-17/h8-11,14-15,18H,2-7,12-13H2,1H3,(H,23,28). The largest absolute Gasteiger partial charge is 0.487 e. The van der Waals surface area contributed by atoms with Gasteiger partial charge in [-0.25, -0.2) is 4.98 Å². The number of carbonyl (C=O) groups is 1. The minimum atomic E-state index is -0.0758. The highest BCUT2D eigenvalue weighted by Crippen LogP contribution is 2.33. The molecule has 7 nitrogen and oxygen atoms in total. The predicted octanol–water partition coefficient (Wildman–Crippen LogP) is 4.51. The Bertz CT molecular complexity index is 966. The zero-order valence-corrected chi connectivity index (χ0v) is 19.3. The van der Waals surface area contributed by atoms with Crippen LogP contribution < -0.4 is 10.1 Å². The van der Waals surface area contributed by atoms with Crippen molar-refractivity contribution >= 4 is 29.0 Å². The Labute approximate surface area is 190 Å². The van der Waals surface area contributed by atoms with Gasteiger partial charge < -0.3 is 14.6 Å². The molecule has 1 saturated carbocycles. The van der Waals surface area contributed by atoms with Gasteiger partial charge in [-0.3, -0.25) is 4.79 Å². The van der Waals surface area contributed by atoms with Crippen LogP contribution in [0.25, 0.3) is 0 Å². The Balaban J connectivity index is 1.24. The summed E-state index contributed by atoms with van der Waals surface area (Å²) in [5.74, 6) is 1.68. The highest BCUT2D eigenvalue weighted by molar-refractivity contribution is 7.98. The van der Waals surface area contributed by atoms with Crippen LogP contribution in [0.1, 0.15) is 60.0 Å². The summed E-state index contributed by atoms with van der Waals surface area (Å²) in [5.41, 5.74) is 3.31. The molecule has 0 spiro atoms. The highest BCUT2D eigenvalue weighted by Gasteiger charge is 2.23. The zero-order valence-electron chi connectivity index (χ0n) is 17.6. The molecule has 0 bridgehead atoms. The molecule has 1 aromatic carbocycles. The van der Waals surface area contributed by atoms with E-state index in [1.807, 2.05) is 17.5 Å². The van der Waals surface area contributed by atoms with E-state index in [9.17, 15) is 4.79 Å². The topological polar surface area (TPSA) is 81.9 Å². The summed E-state index contributed by atoms with van der Waals surface area (Å²) in [5, 5.41) is 14.7. The van der Waals surface area contributed by atoms with E-state index in [1.165, 1.54) is 25.7 Å². The summed E-state index contributed by atoms with van der Waals surface area (Å²) in [6.45, 7) is 1.03. The zero-order chi connectivity index (χ0) is 21.5. The van der Waals surface area contributed by atoms with Crippen LogP contribution in [0.5, 0.6) is 5.75 Å². The van der Waals surface area contributed by atoms with Gasteiger partial charge in [0, 0.05) is 30.0 Å². The molecule has 4 rings (SSSR count). The maximum Gasteiger partial charge on any atom is 0.251 e. The number of nitrogens with zero attached hydrogens (tertiary/aromatic N) is 4. The van der Waals surface area contributed by atoms with E-state index in [2.05, 4.69) is 31.3 Å². The van der Waals surface area contributed by atoms with Crippen molar-refractivity contribution in [1.82, 2.24) is 25.1 Å². The van der Waals surface area contributed by atoms with Crippen molar-refractivity contribution in [3.8, 4) is 5.75 Å². The maximum atomic E-state index is 12.4. The fourth-order valence-electron chi connectivity index (χ4n) is 3.87. The highest BCUT2D eigenvalue weighted by atomic mass is 32.2. The van der Waals surface area contributed by atoms with E-state index in [-0.39, 0.29) is 5.91 Å². The number of aromatic nitrogens is 4. The summed E-state index contributed by atoms with van der Waals surface area (Å²) >= 11 is 3.20. The predicted molar refractivity (Wildman–Crippen MR) is 123 cm³/mol. The number of carbonyl (C=O) groups excluding carboxylic acids is 1. The fraction of sp³-hybridized carbons (Fsp3) is 0.455. The Hall–Kier alpha value is -2.39. The number of aryl methyl sites for hydroxylation is 1. The molecular weight excluding hydrogens is 430 g/mol. The molecule has 1 fully saturated rings. The summed E-state index contributed by atoms with van der Waals surface area (Å²) in [7, 11) is 0. The Morgan fingerprint density at radius 1 is 1.26 bits per heavy atom. The van der Waals surface area contributed by atoms with Crippen molar-refractivity contribution in [1.29, 1.82) is 0 Å². The van der Waals surface area contributed by atoms with Gasteiger partial charge >= 0.3 is 0 Å². The molecule has 0 unspecified atom stereocenters. The molecule has 0 atom stereocenters. The monoisotopic (exact) mass is 457 g/mol. The third-order valence-corrected chi connectivity index (χ3v) is 6.74. The lowest BCUT2D eigenvalue weighted by Gasteiger charge is -2.16. The van der Waals surface area contributed by atoms with Gasteiger partial charge in [-0.15, -0.1) is 21.5 Å². The molecule has 0 aliphatic heterocycles. The molecular formula is C22H27N5O2S2. The number of ether oxygens (including phenoxy) is 1. The summed E-state index contributed by atoms with van der Waals surface area (Å²) < 4.78 is 8.02. The van der Waals surface area contributed by atoms with Crippen LogP contribution in [0.15, 0.2) is 40.3 Å². The van der Waals surface area contributed by atoms with Crippen LogP contribution in [0.2, 0.25) is 0 Å². The van der Waals surface area contributed by atoms with E-state index >= 15 is 0 Å². The van der Waals surface area contributed by atoms with Gasteiger partial charge in [0.1, 0.15) is 18.2 Å². The normalized spacial score (nSPS) is 14.1. The van der Waals surface area contributed by atoms with E-state index in [0.29, 0.717) is 24.8 Å². The molecule has 2 heterocycles. The molecule has 1 amide bonds. The number of thioether (sulfide) groups is 1. The third-order valence-electron chi connectivity index (χ3n) is 5.46. The van der Waals surface area contributed by atoms with Gasteiger partial charge in [0.25, 0.3) is 5.91 Å². The van der Waals surface area contributed by atoms with Gasteiger partial charge in [0.15, 0.2) is 5.16 Å². The molecule has 3 aromatic rings. The minimum absolute atomic E-state index is 0.0758. The molecule has 2 aromatic heterocycles. The number of thiazole rings is 1. The average molecular weight is 458 g/mol. The molecule has 9 heteroatoms. The van der Waals surface area contributed by atoms with Crippen molar-refractivity contribution in [2.24, 2.45) is 0 Å². The smallest absolute Gasteiger partial charge is 0.251 e. The lowest BCUT2D eigenvalue weighted by Crippen LogP contribution is -2.25. The van der Waals surface area contributed by atoms with Crippen molar-refractivity contribution < 1.29 is 9.53 Å². The van der Waals surface area contributed by atoms with Crippen LogP contribution in [-0.4, -0.2) is 38.5 Å². The summed E-state index contributed by atoms with van der Waals surface area (Å²) in [4.78, 5) is 16.6. The lowest BCUT2D eigenvalue weighted by molar-refractivity contribution is 0.0953. The minimum Gasteiger partial charge on any atom is -0.487 e. The van der Waals surface area contributed by atoms with Gasteiger partial charge in [-0.2, -0.15) is 0 Å². The molecule has 31 heavy (non-hydrogen) atoms. The van der Waals surface area contributed by atoms with Crippen LogP contribution in [0.4, 0.5) is 0 Å². The Morgan fingerprint density at radius 2 is 2.06 bits per heavy atom. The number of hydrogen-bond donors (Lipinski definition) is 1. The molecule has 164 valence electrons. The quantitative estimate of drug-likeness (QED) is 0.356. The first kappa shape index (κ1) is 21.8. The van der Waals surface area contributed by atoms with Crippen molar-refractivity contribution in [2.75, 3.05) is 12.8 Å². The van der Waals surface area contributed by atoms with E-state index < -0.39 is 0 Å². The lowest BCUT2D eigenvalue weighted by atomic mass is 10.2. The first-order valence-corrected chi connectivity index (χ1v) is 12.8. The van der Waals surface area contributed by atoms with Crippen LogP contribution >= 0.6 is 23.1 Å². The second kappa shape index (κ2) is 10.8. The fourth-order valence-corrected chi connectivity index (χ4v) is 4.98. The molecule has 1 N–H and O–H groups in total. The number of rotatable bonds is 10. The first-order chi connectivity index (χ1) is 15.2. The van der Waals surface area contributed by atoms with Gasteiger partial charge in [-0.05, 0) is 49.8 Å². The number of nitrogens with one attached hydrogen (secondary N) is 1. The summed E-state index contributed by atoms with van der Waals surface area (Å²) in [6.07, 6.45) is 8.67. The number of benzene rings is 1. The molecule has 0 radical (unpaired) electrons. The van der Waals surface area contributed by atoms with Gasteiger partial charge in [0.2, 0.25) is 0 Å². The number of amides is 1. The average Bonchev–Trinajstić information content (AvgIpc) is 3.57. The van der Waals surface area contributed by atoms with Crippen molar-refractivity contribution in [3.63, 3.8) is 0 Å². The van der Waals surface area contributed by atoms with Crippen molar-refractivity contribution in [2.45, 2.75) is 56.3 Å². The molecule has 1 aliphatic carbocycles. The van der Waals surface area contributed by atoms with Crippen LogP contribution in [-0.2, 0) is 13.0 Å². The van der Waals surface area contributed by atoms with Crippen LogP contribution in [0, 0.1) is 0 Å². The van der Waals surface area contributed by atoms with Crippen LogP contribution in [0.3, 0.4) is 0 Å². The second-order valence-corrected chi connectivity index (χ2v) is 9.06. The third kappa shape index (κ3) is 5.65. The SMILES string of the molecule is CSc1nnc(CCCNC(=O)c2ccc(OCc3cscn3)cc2)n1C1CCCC1. The Morgan fingerprint density at radius 3 is 2.77 bits per heavy atom. The summed E-state index contributed by atoms with van der Waals surface area (Å²) in [6, 6.07) is 7.73. The second-order valence-electron chi connectivity index (χ2n) is 7.56. The maximum absolute atomic E-state index is 12.4. The van der Waals surface area contributed by atoms with E-state index in [0.717, 1.165) is 35.3 Å². The van der Waals surface area contributed by atoms with E-state index in [1.54, 1.807) is 40.7 Å². The van der Waals surface area contributed by atoms with Gasteiger partial charge in [-0.1, -0.05) is 24.6 Å². The molecule has 1 aliphatic rings. The van der Waals surface area contributed by atoms with Crippen molar-refractivity contribution in [3.05, 3.63) is 52.2 Å². The van der Waals surface area contributed by atoms with E-state index in [4.69, 9.17) is 4.74 Å². The number of hydrogen-bond acceptors (Lipinski definition) is 7.